The molecule has 132 valence electrons. The van der Waals surface area contributed by atoms with E-state index in [-0.39, 0.29) is 24.0 Å². The maximum absolute atomic E-state index is 5.65. The summed E-state index contributed by atoms with van der Waals surface area (Å²) in [6.45, 7) is 8.86. The fraction of sp³-hybridized carbons (Fsp3) is 0.412. The predicted octanol–water partition coefficient (Wildman–Crippen LogP) is 3.72. The molecule has 2 aromatic rings. The number of para-hydroxylation sites is 1. The molecule has 0 amide bonds. The lowest BCUT2D eigenvalue weighted by Gasteiger charge is -2.12. The highest BCUT2D eigenvalue weighted by Crippen LogP contribution is 2.18. The van der Waals surface area contributed by atoms with Crippen LogP contribution in [0.2, 0.25) is 0 Å². The van der Waals surface area contributed by atoms with Crippen LogP contribution in [0.15, 0.2) is 34.8 Å². The van der Waals surface area contributed by atoms with E-state index in [4.69, 9.17) is 4.74 Å². The van der Waals surface area contributed by atoms with E-state index in [1.165, 1.54) is 4.88 Å². The van der Waals surface area contributed by atoms with Gasteiger partial charge in [-0.2, -0.15) is 0 Å². The highest BCUT2D eigenvalue weighted by Gasteiger charge is 2.05. The number of thiazole rings is 1. The first-order valence-corrected chi connectivity index (χ1v) is 8.74. The number of aromatic nitrogens is 1. The molecule has 0 saturated carbocycles. The van der Waals surface area contributed by atoms with Crippen LogP contribution < -0.4 is 15.4 Å². The van der Waals surface area contributed by atoms with Crippen LogP contribution in [0.25, 0.3) is 0 Å². The number of guanidine groups is 1. The molecule has 0 aliphatic carbocycles. The van der Waals surface area contributed by atoms with Gasteiger partial charge in [0.05, 0.1) is 30.9 Å². The smallest absolute Gasteiger partial charge is 0.191 e. The normalized spacial score (nSPS) is 10.9. The lowest BCUT2D eigenvalue weighted by molar-refractivity contribution is 0.336. The number of halogens is 1. The Kier molecular flexibility index (Phi) is 9.70. The minimum Gasteiger partial charge on any atom is -0.494 e. The molecule has 0 spiro atoms. The van der Waals surface area contributed by atoms with Crippen molar-refractivity contribution in [3.63, 3.8) is 0 Å². The summed E-state index contributed by atoms with van der Waals surface area (Å²) in [6.07, 6.45) is 0. The fourth-order valence-electron chi connectivity index (χ4n) is 2.10. The van der Waals surface area contributed by atoms with Crippen molar-refractivity contribution >= 4 is 41.3 Å². The van der Waals surface area contributed by atoms with Gasteiger partial charge in [0.2, 0.25) is 0 Å². The standard InChI is InChI=1S/C17H24N4OS.HI/c1-4-18-17(20-11-16-13(3)21-12-23-16)19-10-14-8-6-7-9-15(14)22-5-2;/h6-9,12H,4-5,10-11H2,1-3H3,(H2,18,19,20);1H. The molecule has 0 saturated heterocycles. The Morgan fingerprint density at radius 3 is 2.71 bits per heavy atom. The topological polar surface area (TPSA) is 58.5 Å². The van der Waals surface area contributed by atoms with E-state index in [1.807, 2.05) is 43.6 Å². The van der Waals surface area contributed by atoms with Crippen LogP contribution in [0.1, 0.15) is 30.0 Å². The summed E-state index contributed by atoms with van der Waals surface area (Å²) in [5, 5.41) is 6.62. The molecule has 0 aliphatic heterocycles. The molecule has 1 aromatic heterocycles. The Balaban J connectivity index is 0.00000288. The van der Waals surface area contributed by atoms with Crippen molar-refractivity contribution in [3.05, 3.63) is 45.9 Å². The Labute approximate surface area is 165 Å². The molecule has 0 atom stereocenters. The molecule has 2 N–H and O–H groups in total. The van der Waals surface area contributed by atoms with Gasteiger partial charge in [-0.3, -0.25) is 0 Å². The van der Waals surface area contributed by atoms with E-state index in [0.717, 1.165) is 36.1 Å². The molecular weight excluding hydrogens is 435 g/mol. The number of hydrogen-bond donors (Lipinski definition) is 2. The van der Waals surface area contributed by atoms with Gasteiger partial charge in [0, 0.05) is 17.0 Å². The molecule has 1 aromatic carbocycles. The van der Waals surface area contributed by atoms with Gasteiger partial charge < -0.3 is 15.4 Å². The second-order valence-electron chi connectivity index (χ2n) is 4.95. The third-order valence-electron chi connectivity index (χ3n) is 3.29. The summed E-state index contributed by atoms with van der Waals surface area (Å²) in [6, 6.07) is 8.02. The number of aliphatic imine (C=N–C) groups is 1. The van der Waals surface area contributed by atoms with Crippen LogP contribution in [-0.4, -0.2) is 24.1 Å². The molecule has 24 heavy (non-hydrogen) atoms. The summed E-state index contributed by atoms with van der Waals surface area (Å²) in [7, 11) is 0. The number of aryl methyl sites for hydroxylation is 1. The van der Waals surface area contributed by atoms with Gasteiger partial charge in [-0.15, -0.1) is 35.3 Å². The first-order valence-electron chi connectivity index (χ1n) is 7.86. The second kappa shape index (κ2) is 11.2. The van der Waals surface area contributed by atoms with Crippen LogP contribution in [-0.2, 0) is 13.1 Å². The van der Waals surface area contributed by atoms with Gasteiger partial charge in [-0.25, -0.2) is 9.98 Å². The first-order chi connectivity index (χ1) is 11.2. The Bertz CT molecular complexity index is 645. The van der Waals surface area contributed by atoms with E-state index in [9.17, 15) is 0 Å². The van der Waals surface area contributed by atoms with Crippen LogP contribution in [0.3, 0.4) is 0 Å². The van der Waals surface area contributed by atoms with E-state index in [1.54, 1.807) is 11.3 Å². The zero-order chi connectivity index (χ0) is 16.5. The summed E-state index contributed by atoms with van der Waals surface area (Å²) in [5.74, 6) is 1.69. The van der Waals surface area contributed by atoms with Crippen molar-refractivity contribution in [1.29, 1.82) is 0 Å². The number of rotatable bonds is 7. The van der Waals surface area contributed by atoms with Gasteiger partial charge in [-0.05, 0) is 26.8 Å². The Hall–Kier alpha value is -1.35. The summed E-state index contributed by atoms with van der Waals surface area (Å²) < 4.78 is 5.65. The lowest BCUT2D eigenvalue weighted by atomic mass is 10.2. The minimum absolute atomic E-state index is 0. The molecule has 0 unspecified atom stereocenters. The fourth-order valence-corrected chi connectivity index (χ4v) is 2.81. The van der Waals surface area contributed by atoms with Gasteiger partial charge in [0.1, 0.15) is 5.75 Å². The maximum atomic E-state index is 5.65. The Morgan fingerprint density at radius 2 is 2.04 bits per heavy atom. The van der Waals surface area contributed by atoms with Crippen LogP contribution >= 0.6 is 35.3 Å². The average molecular weight is 460 g/mol. The first kappa shape index (κ1) is 20.7. The van der Waals surface area contributed by atoms with Crippen LogP contribution in [0, 0.1) is 6.92 Å². The van der Waals surface area contributed by atoms with E-state index in [0.29, 0.717) is 13.2 Å². The zero-order valence-corrected chi connectivity index (χ0v) is 17.5. The summed E-state index contributed by atoms with van der Waals surface area (Å²) in [4.78, 5) is 10.1. The van der Waals surface area contributed by atoms with E-state index in [2.05, 4.69) is 27.5 Å². The Morgan fingerprint density at radius 1 is 1.25 bits per heavy atom. The monoisotopic (exact) mass is 460 g/mol. The molecule has 0 fully saturated rings. The quantitative estimate of drug-likeness (QED) is 0.376. The highest BCUT2D eigenvalue weighted by molar-refractivity contribution is 14.0. The highest BCUT2D eigenvalue weighted by atomic mass is 127. The number of ether oxygens (including phenoxy) is 1. The number of nitrogens with one attached hydrogen (secondary N) is 2. The largest absolute Gasteiger partial charge is 0.494 e. The molecule has 0 bridgehead atoms. The minimum atomic E-state index is 0. The van der Waals surface area contributed by atoms with Crippen LogP contribution in [0.5, 0.6) is 5.75 Å². The SMILES string of the molecule is CCNC(=NCc1ccccc1OCC)NCc1scnc1C.I. The zero-order valence-electron chi connectivity index (χ0n) is 14.3. The van der Waals surface area contributed by atoms with Gasteiger partial charge in [0.25, 0.3) is 0 Å². The molecule has 1 heterocycles. The number of nitrogens with zero attached hydrogens (tertiary/aromatic N) is 2. The van der Waals surface area contributed by atoms with Crippen molar-refractivity contribution in [2.45, 2.75) is 33.9 Å². The third kappa shape index (κ3) is 6.27. The van der Waals surface area contributed by atoms with Gasteiger partial charge >= 0.3 is 0 Å². The lowest BCUT2D eigenvalue weighted by Crippen LogP contribution is -2.36. The summed E-state index contributed by atoms with van der Waals surface area (Å²) in [5.41, 5.74) is 4.02. The molecule has 5 nitrogen and oxygen atoms in total. The summed E-state index contributed by atoms with van der Waals surface area (Å²) >= 11 is 1.66. The van der Waals surface area contributed by atoms with Gasteiger partial charge in [0.15, 0.2) is 5.96 Å². The molecular formula is C17H25IN4OS. The second-order valence-corrected chi connectivity index (χ2v) is 5.89. The molecule has 7 heteroatoms. The third-order valence-corrected chi connectivity index (χ3v) is 4.22. The molecule has 2 rings (SSSR count). The van der Waals surface area contributed by atoms with E-state index < -0.39 is 0 Å². The predicted molar refractivity (Wildman–Crippen MR) is 112 cm³/mol. The molecule has 0 radical (unpaired) electrons. The van der Waals surface area contributed by atoms with Gasteiger partial charge in [-0.1, -0.05) is 18.2 Å². The van der Waals surface area contributed by atoms with Crippen molar-refractivity contribution < 1.29 is 4.74 Å². The van der Waals surface area contributed by atoms with Crippen molar-refractivity contribution in [2.75, 3.05) is 13.2 Å². The van der Waals surface area contributed by atoms with Crippen molar-refractivity contribution in [2.24, 2.45) is 4.99 Å². The van der Waals surface area contributed by atoms with Crippen molar-refractivity contribution in [1.82, 2.24) is 15.6 Å². The number of hydrogen-bond acceptors (Lipinski definition) is 4. The van der Waals surface area contributed by atoms with E-state index >= 15 is 0 Å². The maximum Gasteiger partial charge on any atom is 0.191 e. The average Bonchev–Trinajstić information content (AvgIpc) is 2.97. The van der Waals surface area contributed by atoms with Crippen molar-refractivity contribution in [3.8, 4) is 5.75 Å². The van der Waals surface area contributed by atoms with Crippen LogP contribution in [0.4, 0.5) is 0 Å². The number of benzene rings is 1. The molecule has 0 aliphatic rings.